The molecule has 1 heterocycles. The Labute approximate surface area is 86.1 Å². The molecule has 2 nitrogen and oxygen atoms in total. The Morgan fingerprint density at radius 2 is 2.14 bits per heavy atom. The summed E-state index contributed by atoms with van der Waals surface area (Å²) in [5.41, 5.74) is 1.01. The summed E-state index contributed by atoms with van der Waals surface area (Å²) < 4.78 is 13.4. The number of aromatic amines is 1. The average molecular weight is 213 g/mol. The first-order chi connectivity index (χ1) is 6.58. The van der Waals surface area contributed by atoms with E-state index in [0.717, 1.165) is 5.82 Å². The first-order valence-corrected chi connectivity index (χ1v) is 4.80. The van der Waals surface area contributed by atoms with Crippen LogP contribution in [-0.4, -0.2) is 9.97 Å². The smallest absolute Gasteiger partial charge is 0.152 e. The molecule has 74 valence electrons. The van der Waals surface area contributed by atoms with Gasteiger partial charge in [-0.2, -0.15) is 0 Å². The number of aromatic nitrogens is 2. The lowest BCUT2D eigenvalue weighted by atomic mass is 10.2. The van der Waals surface area contributed by atoms with Crippen LogP contribution in [0, 0.1) is 5.82 Å². The van der Waals surface area contributed by atoms with Gasteiger partial charge in [-0.1, -0.05) is 25.4 Å². The monoisotopic (exact) mass is 212 g/mol. The van der Waals surface area contributed by atoms with Crippen molar-refractivity contribution < 1.29 is 4.39 Å². The van der Waals surface area contributed by atoms with Crippen molar-refractivity contribution in [3.8, 4) is 0 Å². The first-order valence-electron chi connectivity index (χ1n) is 4.42. The van der Waals surface area contributed by atoms with E-state index in [4.69, 9.17) is 11.6 Å². The number of fused-ring (bicyclic) bond motifs is 1. The lowest BCUT2D eigenvalue weighted by molar-refractivity contribution is 0.636. The van der Waals surface area contributed by atoms with Crippen LogP contribution in [0.2, 0.25) is 5.02 Å². The number of hydrogen-bond acceptors (Lipinski definition) is 1. The van der Waals surface area contributed by atoms with Crippen molar-refractivity contribution >= 4 is 22.6 Å². The molecule has 0 fully saturated rings. The summed E-state index contributed by atoms with van der Waals surface area (Å²) >= 11 is 5.73. The molecule has 0 aliphatic heterocycles. The van der Waals surface area contributed by atoms with E-state index in [2.05, 4.69) is 9.97 Å². The van der Waals surface area contributed by atoms with Gasteiger partial charge in [-0.05, 0) is 12.1 Å². The lowest BCUT2D eigenvalue weighted by Crippen LogP contribution is -1.88. The van der Waals surface area contributed by atoms with E-state index in [1.807, 2.05) is 13.8 Å². The van der Waals surface area contributed by atoms with Crippen LogP contribution >= 0.6 is 11.6 Å². The Bertz CT molecular complexity index is 476. The predicted molar refractivity (Wildman–Crippen MR) is 55.2 cm³/mol. The minimum absolute atomic E-state index is 0.251. The van der Waals surface area contributed by atoms with Crippen LogP contribution in [0.1, 0.15) is 25.6 Å². The summed E-state index contributed by atoms with van der Waals surface area (Å²) in [5, 5.41) is 0.383. The van der Waals surface area contributed by atoms with Crippen LogP contribution in [0.4, 0.5) is 4.39 Å². The van der Waals surface area contributed by atoms with Crippen LogP contribution in [0.5, 0.6) is 0 Å². The number of nitrogens with one attached hydrogen (secondary N) is 1. The molecule has 0 radical (unpaired) electrons. The van der Waals surface area contributed by atoms with Gasteiger partial charge in [0, 0.05) is 10.9 Å². The van der Waals surface area contributed by atoms with Gasteiger partial charge < -0.3 is 4.98 Å². The second-order valence-corrected chi connectivity index (χ2v) is 4.00. The summed E-state index contributed by atoms with van der Waals surface area (Å²) in [5.74, 6) is 0.650. The van der Waals surface area contributed by atoms with Gasteiger partial charge in [0.25, 0.3) is 0 Å². The van der Waals surface area contributed by atoms with Crippen molar-refractivity contribution in [2.24, 2.45) is 0 Å². The van der Waals surface area contributed by atoms with Crippen LogP contribution in [0.25, 0.3) is 11.0 Å². The zero-order valence-electron chi connectivity index (χ0n) is 7.94. The quantitative estimate of drug-likeness (QED) is 0.770. The van der Waals surface area contributed by atoms with Crippen molar-refractivity contribution in [2.75, 3.05) is 0 Å². The molecule has 0 amide bonds. The molecular formula is C10H10ClFN2. The number of H-pyrrole nitrogens is 1. The van der Waals surface area contributed by atoms with E-state index in [0.29, 0.717) is 16.1 Å². The van der Waals surface area contributed by atoms with Gasteiger partial charge in [0.15, 0.2) is 5.82 Å². The minimum Gasteiger partial charge on any atom is -0.342 e. The fourth-order valence-corrected chi connectivity index (χ4v) is 1.54. The van der Waals surface area contributed by atoms with Crippen LogP contribution in [-0.2, 0) is 0 Å². The number of hydrogen-bond donors (Lipinski definition) is 1. The molecule has 2 aromatic rings. The predicted octanol–water partition coefficient (Wildman–Crippen LogP) is 3.48. The number of imidazole rings is 1. The van der Waals surface area contributed by atoms with Gasteiger partial charge in [-0.15, -0.1) is 0 Å². The highest BCUT2D eigenvalue weighted by Crippen LogP contribution is 2.23. The topological polar surface area (TPSA) is 28.7 Å². The van der Waals surface area contributed by atoms with Crippen LogP contribution in [0.15, 0.2) is 12.1 Å². The number of halogens is 2. The highest BCUT2D eigenvalue weighted by Gasteiger charge is 2.10. The number of nitrogens with zero attached hydrogens (tertiary/aromatic N) is 1. The van der Waals surface area contributed by atoms with E-state index in [-0.39, 0.29) is 11.7 Å². The Morgan fingerprint density at radius 1 is 1.43 bits per heavy atom. The standard InChI is InChI=1S/C10H10ClFN2/c1-5(2)10-13-8-4-6(11)3-7(12)9(8)14-10/h3-5H,1-2H3,(H,13,14). The first kappa shape index (κ1) is 9.46. The van der Waals surface area contributed by atoms with E-state index in [9.17, 15) is 4.39 Å². The molecule has 0 saturated heterocycles. The highest BCUT2D eigenvalue weighted by atomic mass is 35.5. The molecular weight excluding hydrogens is 203 g/mol. The van der Waals surface area contributed by atoms with E-state index >= 15 is 0 Å². The summed E-state index contributed by atoms with van der Waals surface area (Å²) in [6.07, 6.45) is 0. The van der Waals surface area contributed by atoms with E-state index < -0.39 is 0 Å². The molecule has 1 aromatic heterocycles. The molecule has 14 heavy (non-hydrogen) atoms. The summed E-state index contributed by atoms with van der Waals surface area (Å²) in [6.45, 7) is 3.99. The Kier molecular flexibility index (Phi) is 2.19. The van der Waals surface area contributed by atoms with Crippen molar-refractivity contribution in [1.29, 1.82) is 0 Å². The Morgan fingerprint density at radius 3 is 2.79 bits per heavy atom. The molecule has 0 unspecified atom stereocenters. The number of benzene rings is 1. The third kappa shape index (κ3) is 1.48. The largest absolute Gasteiger partial charge is 0.342 e. The molecule has 1 N–H and O–H groups in total. The zero-order valence-corrected chi connectivity index (χ0v) is 8.69. The Hall–Kier alpha value is -1.09. The molecule has 0 spiro atoms. The van der Waals surface area contributed by atoms with Crippen molar-refractivity contribution in [1.82, 2.24) is 9.97 Å². The van der Waals surface area contributed by atoms with Gasteiger partial charge in [0.2, 0.25) is 0 Å². The summed E-state index contributed by atoms with van der Waals surface area (Å²) in [7, 11) is 0. The minimum atomic E-state index is -0.379. The molecule has 0 aliphatic rings. The number of rotatable bonds is 1. The maximum absolute atomic E-state index is 13.4. The van der Waals surface area contributed by atoms with Crippen molar-refractivity contribution in [3.05, 3.63) is 28.8 Å². The normalized spacial score (nSPS) is 11.5. The average Bonchev–Trinajstić information content (AvgIpc) is 2.47. The molecule has 1 aromatic carbocycles. The van der Waals surface area contributed by atoms with Gasteiger partial charge >= 0.3 is 0 Å². The molecule has 0 saturated carbocycles. The molecule has 0 atom stereocenters. The fraction of sp³-hybridized carbons (Fsp3) is 0.300. The van der Waals surface area contributed by atoms with Crippen LogP contribution in [0.3, 0.4) is 0 Å². The van der Waals surface area contributed by atoms with Crippen molar-refractivity contribution in [2.45, 2.75) is 19.8 Å². The second kappa shape index (κ2) is 3.24. The lowest BCUT2D eigenvalue weighted by Gasteiger charge is -1.95. The third-order valence-electron chi connectivity index (χ3n) is 2.07. The summed E-state index contributed by atoms with van der Waals surface area (Å²) in [6, 6.07) is 2.95. The zero-order chi connectivity index (χ0) is 10.3. The van der Waals surface area contributed by atoms with Crippen molar-refractivity contribution in [3.63, 3.8) is 0 Å². The Balaban J connectivity index is 2.70. The highest BCUT2D eigenvalue weighted by molar-refractivity contribution is 6.31. The molecule has 4 heteroatoms. The SMILES string of the molecule is CC(C)c1nc2c(F)cc(Cl)cc2[nH]1. The fourth-order valence-electron chi connectivity index (χ4n) is 1.33. The molecule has 0 bridgehead atoms. The summed E-state index contributed by atoms with van der Waals surface area (Å²) in [4.78, 5) is 7.20. The van der Waals surface area contributed by atoms with E-state index in [1.54, 1.807) is 6.07 Å². The second-order valence-electron chi connectivity index (χ2n) is 3.56. The van der Waals surface area contributed by atoms with E-state index in [1.165, 1.54) is 6.07 Å². The van der Waals surface area contributed by atoms with Gasteiger partial charge in [0.1, 0.15) is 11.3 Å². The maximum Gasteiger partial charge on any atom is 0.152 e. The van der Waals surface area contributed by atoms with Gasteiger partial charge in [-0.3, -0.25) is 0 Å². The molecule has 0 aliphatic carbocycles. The molecule has 2 rings (SSSR count). The van der Waals surface area contributed by atoms with Gasteiger partial charge in [0.05, 0.1) is 5.52 Å². The van der Waals surface area contributed by atoms with Crippen LogP contribution < -0.4 is 0 Å². The maximum atomic E-state index is 13.4. The van der Waals surface area contributed by atoms with Gasteiger partial charge in [-0.25, -0.2) is 9.37 Å². The third-order valence-corrected chi connectivity index (χ3v) is 2.29.